The number of hydrogen-bond donors (Lipinski definition) is 0. The predicted molar refractivity (Wildman–Crippen MR) is 103 cm³/mol. The molecule has 1 saturated heterocycles. The van der Waals surface area contributed by atoms with Crippen LogP contribution in [-0.2, 0) is 4.74 Å². The van der Waals surface area contributed by atoms with Crippen LogP contribution in [0.5, 0.6) is 17.4 Å². The van der Waals surface area contributed by atoms with Crippen molar-refractivity contribution in [3.05, 3.63) is 41.9 Å². The summed E-state index contributed by atoms with van der Waals surface area (Å²) in [5.41, 5.74) is 0.567. The van der Waals surface area contributed by atoms with Crippen molar-refractivity contribution in [2.75, 3.05) is 20.2 Å². The second-order valence-electron chi connectivity index (χ2n) is 6.34. The van der Waals surface area contributed by atoms with Crippen LogP contribution >= 0.6 is 0 Å². The van der Waals surface area contributed by atoms with Gasteiger partial charge in [-0.15, -0.1) is 0 Å². The molecule has 1 amide bonds. The zero-order valence-electron chi connectivity index (χ0n) is 15.5. The molecular weight excluding hydrogens is 362 g/mol. The van der Waals surface area contributed by atoms with Crippen LogP contribution in [0.1, 0.15) is 48.5 Å². The first-order valence-electron chi connectivity index (χ1n) is 8.65. The molecule has 28 heavy (non-hydrogen) atoms. The third-order valence-corrected chi connectivity index (χ3v) is 3.89. The highest BCUT2D eigenvalue weighted by Crippen LogP contribution is 2.27. The third-order valence-electron chi connectivity index (χ3n) is 3.89. The number of aromatic nitrogens is 2. The van der Waals surface area contributed by atoms with E-state index < -0.39 is 5.97 Å². The molecule has 1 aliphatic rings. The Hall–Kier alpha value is -3.16. The number of nitrogens with zero attached hydrogens (tertiary/aromatic N) is 3. The van der Waals surface area contributed by atoms with Crippen LogP contribution in [0.25, 0.3) is 0 Å². The Bertz CT molecular complexity index is 832. The van der Waals surface area contributed by atoms with Crippen molar-refractivity contribution in [3.8, 4) is 17.4 Å². The fraction of sp³-hybridized carbons (Fsp3) is 0.400. The highest BCUT2D eigenvalue weighted by molar-refractivity contribution is 5.92. The first-order chi connectivity index (χ1) is 13.0. The predicted octanol–water partition coefficient (Wildman–Crippen LogP) is 3.32. The average molecular weight is 387 g/mol. The van der Waals surface area contributed by atoms with Gasteiger partial charge in [-0.2, -0.15) is 0 Å². The lowest BCUT2D eigenvalue weighted by molar-refractivity contribution is 0.0598. The Morgan fingerprint density at radius 2 is 1.79 bits per heavy atom. The smallest absolute Gasteiger partial charge is 0.338 e. The standard InChI is InChI=1S/C19H21N3O5.CH4/c1-12(2)26-14-7-13(19(24)25-3)8-15(9-14)27-17-11-20-16(10-21-17)18(23)22-5-4-6-22;/h7-12H,4-6H2,1-3H3;1H4. The molecule has 0 atom stereocenters. The van der Waals surface area contributed by atoms with Crippen molar-refractivity contribution in [2.24, 2.45) is 0 Å². The van der Waals surface area contributed by atoms with Crippen molar-refractivity contribution in [3.63, 3.8) is 0 Å². The number of rotatable bonds is 6. The second-order valence-corrected chi connectivity index (χ2v) is 6.34. The maximum atomic E-state index is 12.1. The number of carbonyl (C=O) groups excluding carboxylic acids is 2. The molecule has 1 aromatic carbocycles. The van der Waals surface area contributed by atoms with Gasteiger partial charge < -0.3 is 19.1 Å². The lowest BCUT2D eigenvalue weighted by Gasteiger charge is -2.30. The molecule has 8 heteroatoms. The van der Waals surface area contributed by atoms with Gasteiger partial charge in [0, 0.05) is 19.2 Å². The number of methoxy groups -OCH3 is 1. The summed E-state index contributed by atoms with van der Waals surface area (Å²) in [5.74, 6) is 0.383. The molecule has 8 nitrogen and oxygen atoms in total. The number of carbonyl (C=O) groups is 2. The van der Waals surface area contributed by atoms with E-state index in [0.717, 1.165) is 19.5 Å². The highest BCUT2D eigenvalue weighted by Gasteiger charge is 2.23. The summed E-state index contributed by atoms with van der Waals surface area (Å²) in [6.45, 7) is 5.25. The van der Waals surface area contributed by atoms with E-state index >= 15 is 0 Å². The van der Waals surface area contributed by atoms with Crippen LogP contribution in [0.15, 0.2) is 30.6 Å². The van der Waals surface area contributed by atoms with Crippen LogP contribution in [0.3, 0.4) is 0 Å². The van der Waals surface area contributed by atoms with Gasteiger partial charge in [0.15, 0.2) is 0 Å². The molecule has 0 saturated carbocycles. The van der Waals surface area contributed by atoms with Gasteiger partial charge in [0.25, 0.3) is 5.91 Å². The lowest BCUT2D eigenvalue weighted by atomic mass is 10.2. The summed E-state index contributed by atoms with van der Waals surface area (Å²) in [6, 6.07) is 4.76. The van der Waals surface area contributed by atoms with Crippen molar-refractivity contribution >= 4 is 11.9 Å². The number of amides is 1. The van der Waals surface area contributed by atoms with Gasteiger partial charge in [0.1, 0.15) is 17.2 Å². The van der Waals surface area contributed by atoms with E-state index in [-0.39, 0.29) is 31.0 Å². The number of ether oxygens (including phenoxy) is 3. The number of benzene rings is 1. The minimum Gasteiger partial charge on any atom is -0.491 e. The van der Waals surface area contributed by atoms with Crippen molar-refractivity contribution < 1.29 is 23.8 Å². The summed E-state index contributed by atoms with van der Waals surface area (Å²) >= 11 is 0. The Balaban J connectivity index is 0.00000280. The summed E-state index contributed by atoms with van der Waals surface area (Å²) in [6.07, 6.45) is 3.70. The fourth-order valence-electron chi connectivity index (χ4n) is 2.49. The third kappa shape index (κ3) is 4.97. The quantitative estimate of drug-likeness (QED) is 0.702. The largest absolute Gasteiger partial charge is 0.491 e. The van der Waals surface area contributed by atoms with Crippen LogP contribution < -0.4 is 9.47 Å². The molecule has 2 heterocycles. The van der Waals surface area contributed by atoms with Gasteiger partial charge in [-0.25, -0.2) is 14.8 Å². The molecule has 1 aromatic heterocycles. The maximum Gasteiger partial charge on any atom is 0.338 e. The summed E-state index contributed by atoms with van der Waals surface area (Å²) < 4.78 is 16.1. The van der Waals surface area contributed by atoms with Gasteiger partial charge in [-0.3, -0.25) is 4.79 Å². The minimum absolute atomic E-state index is 0. The molecule has 1 fully saturated rings. The first kappa shape index (κ1) is 21.1. The van der Waals surface area contributed by atoms with Gasteiger partial charge in [0.2, 0.25) is 5.88 Å². The Labute approximate surface area is 164 Å². The van der Waals surface area contributed by atoms with E-state index in [2.05, 4.69) is 9.97 Å². The van der Waals surface area contributed by atoms with Crippen LogP contribution in [0, 0.1) is 0 Å². The molecule has 0 unspecified atom stereocenters. The molecule has 0 bridgehead atoms. The summed E-state index contributed by atoms with van der Waals surface area (Å²) in [7, 11) is 1.30. The molecule has 1 aliphatic heterocycles. The van der Waals surface area contributed by atoms with Gasteiger partial charge in [-0.1, -0.05) is 7.43 Å². The van der Waals surface area contributed by atoms with Crippen LogP contribution in [-0.4, -0.2) is 53.0 Å². The molecule has 0 aliphatic carbocycles. The first-order valence-corrected chi connectivity index (χ1v) is 8.65. The molecule has 0 N–H and O–H groups in total. The topological polar surface area (TPSA) is 90.9 Å². The van der Waals surface area contributed by atoms with Gasteiger partial charge in [-0.05, 0) is 32.4 Å². The molecule has 3 rings (SSSR count). The Morgan fingerprint density at radius 1 is 1.07 bits per heavy atom. The minimum atomic E-state index is -0.504. The van der Waals surface area contributed by atoms with Crippen molar-refractivity contribution in [1.82, 2.24) is 14.9 Å². The highest BCUT2D eigenvalue weighted by atomic mass is 16.5. The fourth-order valence-corrected chi connectivity index (χ4v) is 2.49. The summed E-state index contributed by atoms with van der Waals surface area (Å²) in [5, 5.41) is 0. The number of hydrogen-bond acceptors (Lipinski definition) is 7. The van der Waals surface area contributed by atoms with E-state index in [4.69, 9.17) is 14.2 Å². The monoisotopic (exact) mass is 387 g/mol. The van der Waals surface area contributed by atoms with Gasteiger partial charge >= 0.3 is 5.97 Å². The lowest BCUT2D eigenvalue weighted by Crippen LogP contribution is -2.42. The SMILES string of the molecule is C.COC(=O)c1cc(Oc2cnc(C(=O)N3CCC3)cn2)cc(OC(C)C)c1. The van der Waals surface area contributed by atoms with E-state index in [9.17, 15) is 9.59 Å². The molecule has 150 valence electrons. The molecule has 2 aromatic rings. The zero-order valence-corrected chi connectivity index (χ0v) is 15.5. The van der Waals surface area contributed by atoms with E-state index in [1.165, 1.54) is 25.6 Å². The molecule has 0 spiro atoms. The Morgan fingerprint density at radius 3 is 2.32 bits per heavy atom. The van der Waals surface area contributed by atoms with Gasteiger partial charge in [0.05, 0.1) is 31.2 Å². The van der Waals surface area contributed by atoms with Crippen LogP contribution in [0.4, 0.5) is 0 Å². The van der Waals surface area contributed by atoms with E-state index in [1.807, 2.05) is 13.8 Å². The second kappa shape index (κ2) is 9.16. The maximum absolute atomic E-state index is 12.1. The summed E-state index contributed by atoms with van der Waals surface area (Å²) in [4.78, 5) is 33.9. The van der Waals surface area contributed by atoms with Crippen molar-refractivity contribution in [2.45, 2.75) is 33.8 Å². The Kier molecular flexibility index (Phi) is 6.92. The molecule has 0 radical (unpaired) electrons. The number of likely N-dealkylation sites (tertiary alicyclic amines) is 1. The van der Waals surface area contributed by atoms with E-state index in [0.29, 0.717) is 17.1 Å². The zero-order chi connectivity index (χ0) is 19.4. The van der Waals surface area contributed by atoms with E-state index in [1.54, 1.807) is 17.0 Å². The average Bonchev–Trinajstić information content (AvgIpc) is 2.59. The molecular formula is C20H25N3O5. The van der Waals surface area contributed by atoms with Crippen molar-refractivity contribution in [1.29, 1.82) is 0 Å². The number of esters is 1. The van der Waals surface area contributed by atoms with Crippen LogP contribution in [0.2, 0.25) is 0 Å². The normalized spacial score (nSPS) is 12.6.